The van der Waals surface area contributed by atoms with Gasteiger partial charge in [0, 0.05) is 27.5 Å². The number of halogens is 2. The van der Waals surface area contributed by atoms with Crippen molar-refractivity contribution >= 4 is 40.0 Å². The number of pyridine rings is 1. The summed E-state index contributed by atoms with van der Waals surface area (Å²) >= 11 is 11.9. The minimum absolute atomic E-state index is 0.0225. The third-order valence-corrected chi connectivity index (χ3v) is 4.17. The molecule has 2 aromatic carbocycles. The van der Waals surface area contributed by atoms with Crippen LogP contribution in [0.3, 0.4) is 0 Å². The number of hydrogen-bond acceptors (Lipinski definition) is 3. The van der Waals surface area contributed by atoms with E-state index in [-0.39, 0.29) is 12.5 Å². The third kappa shape index (κ3) is 3.67. The smallest absolute Gasteiger partial charge is 0.270 e. The molecular weight excluding hydrogens is 347 g/mol. The van der Waals surface area contributed by atoms with Crippen LogP contribution in [-0.4, -0.2) is 22.5 Å². The molecule has 0 spiro atoms. The minimum Gasteiger partial charge on any atom is -0.387 e. The molecule has 122 valence electrons. The average Bonchev–Trinajstić information content (AvgIpc) is 2.59. The number of hydrogen-bond donors (Lipinski definition) is 2. The van der Waals surface area contributed by atoms with Crippen LogP contribution in [0, 0.1) is 0 Å². The molecule has 1 unspecified atom stereocenters. The van der Waals surface area contributed by atoms with Crippen LogP contribution in [0.15, 0.2) is 54.6 Å². The SMILES string of the molecule is O=C(NCC(O)c1ccc(Cl)cc1Cl)c1ccc2ccccc2n1. The summed E-state index contributed by atoms with van der Waals surface area (Å²) in [5.41, 5.74) is 1.54. The second kappa shape index (κ2) is 7.18. The van der Waals surface area contributed by atoms with Crippen molar-refractivity contribution in [2.45, 2.75) is 6.10 Å². The maximum Gasteiger partial charge on any atom is 0.270 e. The van der Waals surface area contributed by atoms with E-state index in [9.17, 15) is 9.90 Å². The van der Waals surface area contributed by atoms with Gasteiger partial charge in [-0.05, 0) is 24.3 Å². The Balaban J connectivity index is 1.69. The summed E-state index contributed by atoms with van der Waals surface area (Å²) in [6.07, 6.45) is -0.931. The van der Waals surface area contributed by atoms with E-state index in [0.717, 1.165) is 10.9 Å². The Kier molecular flexibility index (Phi) is 5.00. The summed E-state index contributed by atoms with van der Waals surface area (Å²) in [6.45, 7) is 0.0225. The molecule has 0 aliphatic rings. The van der Waals surface area contributed by atoms with E-state index >= 15 is 0 Å². The second-order valence-electron chi connectivity index (χ2n) is 5.28. The fraction of sp³-hybridized carbons (Fsp3) is 0.111. The predicted octanol–water partition coefficient (Wildman–Crippen LogP) is 4.01. The molecule has 1 amide bonds. The number of amides is 1. The van der Waals surface area contributed by atoms with Gasteiger partial charge in [-0.15, -0.1) is 0 Å². The lowest BCUT2D eigenvalue weighted by Crippen LogP contribution is -2.29. The first-order valence-electron chi connectivity index (χ1n) is 7.31. The highest BCUT2D eigenvalue weighted by Crippen LogP contribution is 2.26. The summed E-state index contributed by atoms with van der Waals surface area (Å²) in [5, 5.41) is 14.7. The van der Waals surface area contributed by atoms with E-state index in [4.69, 9.17) is 23.2 Å². The van der Waals surface area contributed by atoms with Crippen molar-refractivity contribution < 1.29 is 9.90 Å². The zero-order valence-electron chi connectivity index (χ0n) is 12.5. The van der Waals surface area contributed by atoms with Gasteiger partial charge in [0.15, 0.2) is 0 Å². The molecule has 0 saturated carbocycles. The third-order valence-electron chi connectivity index (χ3n) is 3.61. The monoisotopic (exact) mass is 360 g/mol. The summed E-state index contributed by atoms with van der Waals surface area (Å²) in [5.74, 6) is -0.357. The Morgan fingerprint density at radius 1 is 1.12 bits per heavy atom. The molecule has 0 saturated heterocycles. The zero-order chi connectivity index (χ0) is 17.1. The zero-order valence-corrected chi connectivity index (χ0v) is 14.1. The fourth-order valence-electron chi connectivity index (χ4n) is 2.35. The Bertz CT molecular complexity index is 899. The van der Waals surface area contributed by atoms with Crippen molar-refractivity contribution in [3.63, 3.8) is 0 Å². The van der Waals surface area contributed by atoms with Crippen molar-refractivity contribution in [3.05, 3.63) is 75.9 Å². The lowest BCUT2D eigenvalue weighted by molar-refractivity contribution is 0.0912. The Labute approximate surface area is 149 Å². The number of aliphatic hydroxyl groups excluding tert-OH is 1. The number of benzene rings is 2. The molecular formula is C18H14Cl2N2O2. The molecule has 0 fully saturated rings. The molecule has 0 aliphatic carbocycles. The van der Waals surface area contributed by atoms with E-state index in [0.29, 0.717) is 21.3 Å². The number of nitrogens with one attached hydrogen (secondary N) is 1. The van der Waals surface area contributed by atoms with E-state index in [1.54, 1.807) is 24.3 Å². The average molecular weight is 361 g/mol. The number of aromatic nitrogens is 1. The maximum atomic E-state index is 12.2. The van der Waals surface area contributed by atoms with E-state index in [1.165, 1.54) is 0 Å². The van der Waals surface area contributed by atoms with E-state index < -0.39 is 6.10 Å². The Morgan fingerprint density at radius 2 is 1.92 bits per heavy atom. The van der Waals surface area contributed by atoms with E-state index in [2.05, 4.69) is 10.3 Å². The van der Waals surface area contributed by atoms with Crippen LogP contribution in [0.1, 0.15) is 22.2 Å². The molecule has 0 bridgehead atoms. The first kappa shape index (κ1) is 16.7. The summed E-state index contributed by atoms with van der Waals surface area (Å²) in [6, 6.07) is 15.9. The topological polar surface area (TPSA) is 62.2 Å². The number of fused-ring (bicyclic) bond motifs is 1. The first-order valence-corrected chi connectivity index (χ1v) is 8.07. The van der Waals surface area contributed by atoms with Gasteiger partial charge in [0.1, 0.15) is 5.69 Å². The van der Waals surface area contributed by atoms with Gasteiger partial charge in [-0.25, -0.2) is 4.98 Å². The van der Waals surface area contributed by atoms with Gasteiger partial charge in [-0.1, -0.05) is 53.5 Å². The predicted molar refractivity (Wildman–Crippen MR) is 95.5 cm³/mol. The fourth-order valence-corrected chi connectivity index (χ4v) is 2.89. The normalized spacial score (nSPS) is 12.1. The molecule has 3 rings (SSSR count). The van der Waals surface area contributed by atoms with Crippen molar-refractivity contribution in [3.8, 4) is 0 Å². The molecule has 1 heterocycles. The molecule has 4 nitrogen and oxygen atoms in total. The molecule has 0 aliphatic heterocycles. The molecule has 1 aromatic heterocycles. The molecule has 24 heavy (non-hydrogen) atoms. The van der Waals surface area contributed by atoms with Gasteiger partial charge in [0.25, 0.3) is 5.91 Å². The van der Waals surface area contributed by atoms with Crippen LogP contribution < -0.4 is 5.32 Å². The summed E-state index contributed by atoms with van der Waals surface area (Å²) < 4.78 is 0. The largest absolute Gasteiger partial charge is 0.387 e. The standard InChI is InChI=1S/C18H14Cl2N2O2/c19-12-6-7-13(14(20)9-12)17(23)10-21-18(24)16-8-5-11-3-1-2-4-15(11)22-16/h1-9,17,23H,10H2,(H,21,24). The Morgan fingerprint density at radius 3 is 2.71 bits per heavy atom. The highest BCUT2D eigenvalue weighted by Gasteiger charge is 2.15. The van der Waals surface area contributed by atoms with E-state index in [1.807, 2.05) is 30.3 Å². The number of aliphatic hydroxyl groups is 1. The van der Waals surface area contributed by atoms with Crippen LogP contribution in [0.25, 0.3) is 10.9 Å². The Hall–Kier alpha value is -2.14. The van der Waals surface area contributed by atoms with Crippen molar-refractivity contribution in [1.29, 1.82) is 0 Å². The van der Waals surface area contributed by atoms with Crippen LogP contribution in [0.4, 0.5) is 0 Å². The van der Waals surface area contributed by atoms with Gasteiger partial charge < -0.3 is 10.4 Å². The van der Waals surface area contributed by atoms with Crippen LogP contribution in [-0.2, 0) is 0 Å². The lowest BCUT2D eigenvalue weighted by atomic mass is 10.1. The number of para-hydroxylation sites is 1. The highest BCUT2D eigenvalue weighted by atomic mass is 35.5. The van der Waals surface area contributed by atoms with Gasteiger partial charge in [0.2, 0.25) is 0 Å². The van der Waals surface area contributed by atoms with Crippen LogP contribution in [0.2, 0.25) is 10.0 Å². The number of carbonyl (C=O) groups is 1. The quantitative estimate of drug-likeness (QED) is 0.738. The van der Waals surface area contributed by atoms with Gasteiger partial charge in [0.05, 0.1) is 11.6 Å². The van der Waals surface area contributed by atoms with Crippen LogP contribution in [0.5, 0.6) is 0 Å². The number of rotatable bonds is 4. The summed E-state index contributed by atoms with van der Waals surface area (Å²) in [7, 11) is 0. The van der Waals surface area contributed by atoms with Crippen molar-refractivity contribution in [2.75, 3.05) is 6.54 Å². The number of nitrogens with zero attached hydrogens (tertiary/aromatic N) is 1. The maximum absolute atomic E-state index is 12.2. The number of carbonyl (C=O) groups excluding carboxylic acids is 1. The minimum atomic E-state index is -0.931. The highest BCUT2D eigenvalue weighted by molar-refractivity contribution is 6.35. The van der Waals surface area contributed by atoms with Gasteiger partial charge in [-0.2, -0.15) is 0 Å². The second-order valence-corrected chi connectivity index (χ2v) is 6.12. The first-order chi connectivity index (χ1) is 11.5. The van der Waals surface area contributed by atoms with Gasteiger partial charge >= 0.3 is 0 Å². The molecule has 1 atom stereocenters. The summed E-state index contributed by atoms with van der Waals surface area (Å²) in [4.78, 5) is 16.5. The molecule has 3 aromatic rings. The molecule has 2 N–H and O–H groups in total. The van der Waals surface area contributed by atoms with Crippen molar-refractivity contribution in [2.24, 2.45) is 0 Å². The van der Waals surface area contributed by atoms with Crippen LogP contribution >= 0.6 is 23.2 Å². The molecule has 6 heteroatoms. The van der Waals surface area contributed by atoms with Crippen molar-refractivity contribution in [1.82, 2.24) is 10.3 Å². The van der Waals surface area contributed by atoms with Gasteiger partial charge in [-0.3, -0.25) is 4.79 Å². The molecule has 0 radical (unpaired) electrons. The lowest BCUT2D eigenvalue weighted by Gasteiger charge is -2.14.